The highest BCUT2D eigenvalue weighted by Gasteiger charge is 2.17. The highest BCUT2D eigenvalue weighted by Crippen LogP contribution is 2.12. The highest BCUT2D eigenvalue weighted by molar-refractivity contribution is 5.97. The summed E-state index contributed by atoms with van der Waals surface area (Å²) in [5.74, 6) is -1.18. The zero-order valence-corrected chi connectivity index (χ0v) is 12.7. The van der Waals surface area contributed by atoms with Crippen LogP contribution in [-0.4, -0.2) is 35.7 Å². The van der Waals surface area contributed by atoms with E-state index in [1.165, 1.54) is 43.1 Å². The maximum atomic E-state index is 12.4. The topological polar surface area (TPSA) is 97.6 Å². The second kappa shape index (κ2) is 6.78. The Morgan fingerprint density at radius 1 is 1.30 bits per heavy atom. The average molecular weight is 316 g/mol. The number of nitrogens with zero attached hydrogens (tertiary/aromatic N) is 1. The lowest BCUT2D eigenvalue weighted by molar-refractivity contribution is 0.0599. The summed E-state index contributed by atoms with van der Waals surface area (Å²) in [5, 5.41) is 11.9. The fourth-order valence-corrected chi connectivity index (χ4v) is 2.13. The van der Waals surface area contributed by atoms with Crippen LogP contribution in [0.5, 0.6) is 5.75 Å². The van der Waals surface area contributed by atoms with Gasteiger partial charge in [-0.05, 0) is 23.8 Å². The van der Waals surface area contributed by atoms with E-state index in [9.17, 15) is 19.5 Å². The summed E-state index contributed by atoms with van der Waals surface area (Å²) in [6, 6.07) is 7.56. The molecule has 0 bridgehead atoms. The molecular formula is C16H16N2O5. The van der Waals surface area contributed by atoms with E-state index < -0.39 is 17.4 Å². The Morgan fingerprint density at radius 2 is 2.04 bits per heavy atom. The minimum Gasteiger partial charge on any atom is -0.508 e. The monoisotopic (exact) mass is 316 g/mol. The quantitative estimate of drug-likeness (QED) is 0.811. The number of esters is 1. The Kier molecular flexibility index (Phi) is 4.80. The van der Waals surface area contributed by atoms with Crippen molar-refractivity contribution in [1.29, 1.82) is 0 Å². The van der Waals surface area contributed by atoms with E-state index >= 15 is 0 Å². The molecule has 0 unspecified atom stereocenters. The first-order valence-corrected chi connectivity index (χ1v) is 6.79. The van der Waals surface area contributed by atoms with Gasteiger partial charge in [-0.3, -0.25) is 9.59 Å². The van der Waals surface area contributed by atoms with Gasteiger partial charge in [-0.1, -0.05) is 12.1 Å². The molecule has 2 rings (SSSR count). The van der Waals surface area contributed by atoms with Gasteiger partial charge < -0.3 is 19.7 Å². The number of nitrogens with one attached hydrogen (secondary N) is 1. The summed E-state index contributed by atoms with van der Waals surface area (Å²) >= 11 is 0. The van der Waals surface area contributed by atoms with Crippen molar-refractivity contribution in [1.82, 2.24) is 9.88 Å². The SMILES string of the molecule is CNC(=O)c1cc(C(=O)OC)cn(Cc2cccc(O)c2)c1=O. The van der Waals surface area contributed by atoms with Crippen LogP contribution in [0.4, 0.5) is 0 Å². The third kappa shape index (κ3) is 3.57. The number of methoxy groups -OCH3 is 1. The molecule has 0 radical (unpaired) electrons. The summed E-state index contributed by atoms with van der Waals surface area (Å²) in [6.07, 6.45) is 1.32. The van der Waals surface area contributed by atoms with Crippen LogP contribution in [0.3, 0.4) is 0 Å². The minimum atomic E-state index is -0.653. The van der Waals surface area contributed by atoms with Gasteiger partial charge in [0.05, 0.1) is 19.2 Å². The molecule has 2 aromatic rings. The number of ether oxygens (including phenoxy) is 1. The Labute approximate surface area is 132 Å². The third-order valence-corrected chi connectivity index (χ3v) is 3.24. The van der Waals surface area contributed by atoms with E-state index in [-0.39, 0.29) is 23.4 Å². The van der Waals surface area contributed by atoms with Crippen LogP contribution in [0.15, 0.2) is 41.3 Å². The molecule has 0 aliphatic rings. The lowest BCUT2D eigenvalue weighted by Crippen LogP contribution is -2.32. The van der Waals surface area contributed by atoms with Crippen molar-refractivity contribution in [2.75, 3.05) is 14.2 Å². The molecule has 1 aromatic carbocycles. The molecule has 0 aliphatic carbocycles. The zero-order chi connectivity index (χ0) is 17.0. The van der Waals surface area contributed by atoms with E-state index in [2.05, 4.69) is 10.1 Å². The van der Waals surface area contributed by atoms with Gasteiger partial charge in [-0.2, -0.15) is 0 Å². The fourth-order valence-electron chi connectivity index (χ4n) is 2.13. The first-order valence-electron chi connectivity index (χ1n) is 6.79. The summed E-state index contributed by atoms with van der Waals surface area (Å²) in [6.45, 7) is 0.0993. The van der Waals surface area contributed by atoms with E-state index in [0.29, 0.717) is 5.56 Å². The van der Waals surface area contributed by atoms with Gasteiger partial charge in [0, 0.05) is 13.2 Å². The molecule has 1 amide bonds. The second-order valence-electron chi connectivity index (χ2n) is 4.82. The van der Waals surface area contributed by atoms with Crippen molar-refractivity contribution in [3.05, 3.63) is 63.6 Å². The molecule has 120 valence electrons. The van der Waals surface area contributed by atoms with Crippen molar-refractivity contribution < 1.29 is 19.4 Å². The number of aromatic nitrogens is 1. The number of phenolic OH excluding ortho intramolecular Hbond substituents is 1. The molecule has 0 fully saturated rings. The third-order valence-electron chi connectivity index (χ3n) is 3.24. The maximum absolute atomic E-state index is 12.4. The molecule has 7 nitrogen and oxygen atoms in total. The second-order valence-corrected chi connectivity index (χ2v) is 4.82. The molecular weight excluding hydrogens is 300 g/mol. The number of amides is 1. The molecule has 0 atom stereocenters. The summed E-state index contributed by atoms with van der Waals surface area (Å²) < 4.78 is 5.87. The number of aromatic hydroxyl groups is 1. The largest absolute Gasteiger partial charge is 0.508 e. The smallest absolute Gasteiger partial charge is 0.339 e. The molecule has 0 spiro atoms. The van der Waals surface area contributed by atoms with E-state index in [1.807, 2.05) is 0 Å². The van der Waals surface area contributed by atoms with Crippen LogP contribution < -0.4 is 10.9 Å². The maximum Gasteiger partial charge on any atom is 0.339 e. The molecule has 23 heavy (non-hydrogen) atoms. The number of carbonyl (C=O) groups is 2. The van der Waals surface area contributed by atoms with Crippen LogP contribution in [-0.2, 0) is 11.3 Å². The van der Waals surface area contributed by atoms with E-state index in [0.717, 1.165) is 0 Å². The summed E-state index contributed by atoms with van der Waals surface area (Å²) in [5.41, 5.74) is 0.0405. The van der Waals surface area contributed by atoms with Crippen LogP contribution in [0.2, 0.25) is 0 Å². The van der Waals surface area contributed by atoms with Gasteiger partial charge in [0.25, 0.3) is 11.5 Å². The number of rotatable bonds is 4. The van der Waals surface area contributed by atoms with Crippen molar-refractivity contribution in [3.8, 4) is 5.75 Å². The Morgan fingerprint density at radius 3 is 2.65 bits per heavy atom. The van der Waals surface area contributed by atoms with Crippen LogP contribution in [0.1, 0.15) is 26.3 Å². The fraction of sp³-hybridized carbons (Fsp3) is 0.188. The lowest BCUT2D eigenvalue weighted by atomic mass is 10.1. The lowest BCUT2D eigenvalue weighted by Gasteiger charge is -2.11. The normalized spacial score (nSPS) is 10.2. The van der Waals surface area contributed by atoms with Crippen LogP contribution >= 0.6 is 0 Å². The summed E-state index contributed by atoms with van der Waals surface area (Å²) in [7, 11) is 2.61. The standard InChI is InChI=1S/C16H16N2O5/c1-17-14(20)13-7-11(16(22)23-2)9-18(15(13)21)8-10-4-3-5-12(19)6-10/h3-7,9,19H,8H2,1-2H3,(H,17,20). The molecule has 0 saturated heterocycles. The number of hydrogen-bond acceptors (Lipinski definition) is 5. The molecule has 0 aliphatic heterocycles. The highest BCUT2D eigenvalue weighted by atomic mass is 16.5. The first-order chi connectivity index (χ1) is 11.0. The number of hydrogen-bond donors (Lipinski definition) is 2. The van der Waals surface area contributed by atoms with Crippen molar-refractivity contribution in [2.45, 2.75) is 6.54 Å². The van der Waals surface area contributed by atoms with Crippen molar-refractivity contribution in [2.24, 2.45) is 0 Å². The molecule has 7 heteroatoms. The first kappa shape index (κ1) is 16.3. The number of carbonyl (C=O) groups excluding carboxylic acids is 2. The van der Waals surface area contributed by atoms with Gasteiger partial charge in [0.1, 0.15) is 11.3 Å². The van der Waals surface area contributed by atoms with E-state index in [4.69, 9.17) is 0 Å². The van der Waals surface area contributed by atoms with Crippen molar-refractivity contribution in [3.63, 3.8) is 0 Å². The van der Waals surface area contributed by atoms with E-state index in [1.54, 1.807) is 12.1 Å². The number of pyridine rings is 1. The van der Waals surface area contributed by atoms with Gasteiger partial charge in [-0.15, -0.1) is 0 Å². The number of phenols is 1. The molecule has 1 aromatic heterocycles. The molecule has 1 heterocycles. The Hall–Kier alpha value is -3.09. The van der Waals surface area contributed by atoms with Gasteiger partial charge in [0.2, 0.25) is 0 Å². The molecule has 2 N–H and O–H groups in total. The predicted molar refractivity (Wildman–Crippen MR) is 82.6 cm³/mol. The van der Waals surface area contributed by atoms with Gasteiger partial charge in [0.15, 0.2) is 0 Å². The summed E-state index contributed by atoms with van der Waals surface area (Å²) in [4.78, 5) is 36.0. The van der Waals surface area contributed by atoms with Crippen molar-refractivity contribution >= 4 is 11.9 Å². The average Bonchev–Trinajstić information content (AvgIpc) is 2.55. The van der Waals surface area contributed by atoms with Gasteiger partial charge >= 0.3 is 5.97 Å². The Balaban J connectivity index is 2.55. The zero-order valence-electron chi connectivity index (χ0n) is 12.7. The Bertz CT molecular complexity index is 810. The molecule has 0 saturated carbocycles. The number of benzene rings is 1. The van der Waals surface area contributed by atoms with Crippen LogP contribution in [0.25, 0.3) is 0 Å². The van der Waals surface area contributed by atoms with Crippen LogP contribution in [0, 0.1) is 0 Å². The van der Waals surface area contributed by atoms with Gasteiger partial charge in [-0.25, -0.2) is 4.79 Å². The predicted octanol–water partition coefficient (Wildman–Crippen LogP) is 0.748. The minimum absolute atomic E-state index is 0.0613.